The first-order valence-corrected chi connectivity index (χ1v) is 3.53. The van der Waals surface area contributed by atoms with Crippen LogP contribution in [-0.2, 0) is 5.41 Å². The summed E-state index contributed by atoms with van der Waals surface area (Å²) in [4.78, 5) is 4.07. The second-order valence-corrected chi connectivity index (χ2v) is 3.44. The van der Waals surface area contributed by atoms with Gasteiger partial charge in [0.25, 0.3) is 0 Å². The first-order chi connectivity index (χ1) is 5.05. The Morgan fingerprint density at radius 3 is 2.45 bits per heavy atom. The van der Waals surface area contributed by atoms with Crippen molar-refractivity contribution in [3.05, 3.63) is 12.1 Å². The van der Waals surface area contributed by atoms with Crippen molar-refractivity contribution in [2.24, 2.45) is 0 Å². The average molecular weight is 155 g/mol. The van der Waals surface area contributed by atoms with Gasteiger partial charge in [0.15, 0.2) is 6.39 Å². The predicted molar refractivity (Wildman–Crippen MR) is 41.8 cm³/mol. The van der Waals surface area contributed by atoms with E-state index in [0.29, 0.717) is 5.95 Å². The largest absolute Gasteiger partial charge is 0.467 e. The van der Waals surface area contributed by atoms with Gasteiger partial charge < -0.3 is 9.15 Å². The third-order valence-electron chi connectivity index (χ3n) is 1.43. The highest BCUT2D eigenvalue weighted by atomic mass is 16.6. The standard InChI is InChI=1S/C8H13NO2/c1-8(2,3)6-7(10-4)11-5-9-6/h5H,1-4H3. The van der Waals surface area contributed by atoms with Crippen LogP contribution in [-0.4, -0.2) is 12.1 Å². The molecule has 0 fully saturated rings. The van der Waals surface area contributed by atoms with Gasteiger partial charge in [-0.2, -0.15) is 0 Å². The van der Waals surface area contributed by atoms with Gasteiger partial charge in [-0.25, -0.2) is 4.98 Å². The van der Waals surface area contributed by atoms with Crippen LogP contribution in [0.2, 0.25) is 0 Å². The lowest BCUT2D eigenvalue weighted by Gasteiger charge is -2.14. The maximum Gasteiger partial charge on any atom is 0.308 e. The summed E-state index contributed by atoms with van der Waals surface area (Å²) in [5.74, 6) is 0.512. The summed E-state index contributed by atoms with van der Waals surface area (Å²) in [6.07, 6.45) is 1.40. The molecular formula is C8H13NO2. The van der Waals surface area contributed by atoms with Gasteiger partial charge in [-0.05, 0) is 0 Å². The summed E-state index contributed by atoms with van der Waals surface area (Å²) >= 11 is 0. The molecule has 0 saturated carbocycles. The highest BCUT2D eigenvalue weighted by molar-refractivity contribution is 5.21. The number of ether oxygens (including phenoxy) is 1. The third-order valence-corrected chi connectivity index (χ3v) is 1.43. The minimum absolute atomic E-state index is 0.0155. The van der Waals surface area contributed by atoms with Crippen molar-refractivity contribution in [2.45, 2.75) is 26.2 Å². The van der Waals surface area contributed by atoms with Crippen LogP contribution in [0.3, 0.4) is 0 Å². The number of oxazole rings is 1. The van der Waals surface area contributed by atoms with E-state index >= 15 is 0 Å². The lowest BCUT2D eigenvalue weighted by atomic mass is 9.93. The number of hydrogen-bond donors (Lipinski definition) is 0. The van der Waals surface area contributed by atoms with Crippen LogP contribution in [0.5, 0.6) is 5.95 Å². The van der Waals surface area contributed by atoms with Gasteiger partial charge in [0.1, 0.15) is 5.69 Å². The molecule has 1 heterocycles. The molecule has 0 aliphatic rings. The van der Waals surface area contributed by atoms with Crippen LogP contribution in [0, 0.1) is 0 Å². The van der Waals surface area contributed by atoms with E-state index in [2.05, 4.69) is 25.8 Å². The highest BCUT2D eigenvalue weighted by Gasteiger charge is 2.22. The average Bonchev–Trinajstić information content (AvgIpc) is 2.31. The lowest BCUT2D eigenvalue weighted by Crippen LogP contribution is -2.12. The molecule has 0 aliphatic heterocycles. The van der Waals surface area contributed by atoms with Crippen molar-refractivity contribution in [3.63, 3.8) is 0 Å². The van der Waals surface area contributed by atoms with Crippen LogP contribution in [0.4, 0.5) is 0 Å². The number of methoxy groups -OCH3 is 1. The van der Waals surface area contributed by atoms with Crippen LogP contribution in [0.15, 0.2) is 10.8 Å². The predicted octanol–water partition coefficient (Wildman–Crippen LogP) is 1.98. The Labute approximate surface area is 66.4 Å². The Hall–Kier alpha value is -0.990. The molecule has 1 aromatic heterocycles. The van der Waals surface area contributed by atoms with E-state index in [1.807, 2.05) is 0 Å². The molecule has 0 unspecified atom stereocenters. The fourth-order valence-electron chi connectivity index (χ4n) is 0.880. The molecule has 1 rings (SSSR count). The van der Waals surface area contributed by atoms with E-state index in [0.717, 1.165) is 5.69 Å². The smallest absolute Gasteiger partial charge is 0.308 e. The molecule has 0 radical (unpaired) electrons. The van der Waals surface area contributed by atoms with Gasteiger partial charge in [0, 0.05) is 5.41 Å². The molecule has 0 atom stereocenters. The first-order valence-electron chi connectivity index (χ1n) is 3.53. The fourth-order valence-corrected chi connectivity index (χ4v) is 0.880. The Morgan fingerprint density at radius 2 is 2.09 bits per heavy atom. The minimum atomic E-state index is -0.0155. The van der Waals surface area contributed by atoms with Crippen molar-refractivity contribution >= 4 is 0 Å². The van der Waals surface area contributed by atoms with E-state index in [9.17, 15) is 0 Å². The normalized spacial score (nSPS) is 11.6. The monoisotopic (exact) mass is 155 g/mol. The molecule has 62 valence electrons. The number of hydrogen-bond acceptors (Lipinski definition) is 3. The molecule has 0 N–H and O–H groups in total. The van der Waals surface area contributed by atoms with Gasteiger partial charge in [0.05, 0.1) is 7.11 Å². The summed E-state index contributed by atoms with van der Waals surface area (Å²) in [5, 5.41) is 0. The number of nitrogens with zero attached hydrogens (tertiary/aromatic N) is 1. The summed E-state index contributed by atoms with van der Waals surface area (Å²) in [6, 6.07) is 0. The molecule has 1 aromatic rings. The van der Waals surface area contributed by atoms with Crippen molar-refractivity contribution < 1.29 is 9.15 Å². The fraction of sp³-hybridized carbons (Fsp3) is 0.625. The number of rotatable bonds is 1. The second kappa shape index (κ2) is 2.57. The topological polar surface area (TPSA) is 35.3 Å². The van der Waals surface area contributed by atoms with E-state index in [1.54, 1.807) is 7.11 Å². The maximum atomic E-state index is 5.01. The van der Waals surface area contributed by atoms with Crippen LogP contribution in [0.25, 0.3) is 0 Å². The van der Waals surface area contributed by atoms with E-state index in [1.165, 1.54) is 6.39 Å². The molecular weight excluding hydrogens is 142 g/mol. The van der Waals surface area contributed by atoms with E-state index in [4.69, 9.17) is 9.15 Å². The van der Waals surface area contributed by atoms with Crippen LogP contribution in [0.1, 0.15) is 26.5 Å². The molecule has 0 amide bonds. The quantitative estimate of drug-likeness (QED) is 0.622. The van der Waals surface area contributed by atoms with Crippen LogP contribution >= 0.6 is 0 Å². The van der Waals surface area contributed by atoms with Crippen molar-refractivity contribution in [1.29, 1.82) is 0 Å². The Balaban J connectivity index is 3.02. The summed E-state index contributed by atoms with van der Waals surface area (Å²) in [5.41, 5.74) is 0.846. The van der Waals surface area contributed by atoms with Crippen LogP contribution < -0.4 is 4.74 Å². The zero-order valence-corrected chi connectivity index (χ0v) is 7.34. The van der Waals surface area contributed by atoms with E-state index in [-0.39, 0.29) is 5.41 Å². The highest BCUT2D eigenvalue weighted by Crippen LogP contribution is 2.29. The Bertz CT molecular complexity index is 234. The molecule has 0 aliphatic carbocycles. The van der Waals surface area contributed by atoms with E-state index < -0.39 is 0 Å². The zero-order valence-electron chi connectivity index (χ0n) is 7.34. The molecule has 0 spiro atoms. The Kier molecular flexibility index (Phi) is 1.89. The molecule has 0 aromatic carbocycles. The first kappa shape index (κ1) is 8.11. The molecule has 3 heteroatoms. The third kappa shape index (κ3) is 1.53. The van der Waals surface area contributed by atoms with Gasteiger partial charge in [-0.15, -0.1) is 0 Å². The number of aromatic nitrogens is 1. The lowest BCUT2D eigenvalue weighted by molar-refractivity contribution is 0.294. The summed E-state index contributed by atoms with van der Waals surface area (Å²) in [6.45, 7) is 6.19. The summed E-state index contributed by atoms with van der Waals surface area (Å²) in [7, 11) is 1.58. The Morgan fingerprint density at radius 1 is 1.45 bits per heavy atom. The van der Waals surface area contributed by atoms with Crippen molar-refractivity contribution in [2.75, 3.05) is 7.11 Å². The zero-order chi connectivity index (χ0) is 8.48. The van der Waals surface area contributed by atoms with Crippen molar-refractivity contribution in [3.8, 4) is 5.95 Å². The maximum absolute atomic E-state index is 5.01. The van der Waals surface area contributed by atoms with Gasteiger partial charge in [-0.1, -0.05) is 20.8 Å². The van der Waals surface area contributed by atoms with Gasteiger partial charge in [-0.3, -0.25) is 0 Å². The molecule has 11 heavy (non-hydrogen) atoms. The molecule has 3 nitrogen and oxygen atoms in total. The molecule has 0 saturated heterocycles. The second-order valence-electron chi connectivity index (χ2n) is 3.44. The SMILES string of the molecule is COc1ocnc1C(C)(C)C. The molecule has 0 bridgehead atoms. The van der Waals surface area contributed by atoms with Gasteiger partial charge in [0.2, 0.25) is 0 Å². The van der Waals surface area contributed by atoms with Gasteiger partial charge >= 0.3 is 5.95 Å². The summed E-state index contributed by atoms with van der Waals surface area (Å²) < 4.78 is 9.99. The minimum Gasteiger partial charge on any atom is -0.467 e. The van der Waals surface area contributed by atoms with Crippen molar-refractivity contribution in [1.82, 2.24) is 4.98 Å².